The van der Waals surface area contributed by atoms with Gasteiger partial charge in [0.05, 0.1) is 13.2 Å². The van der Waals surface area contributed by atoms with Crippen LogP contribution in [0.2, 0.25) is 0 Å². The number of carbonyl (C=O) groups is 2. The average Bonchev–Trinajstić information content (AvgIpc) is 3.19. The zero-order valence-corrected chi connectivity index (χ0v) is 37.4. The molecule has 1 N–H and O–H groups in total. The van der Waals surface area contributed by atoms with Crippen molar-refractivity contribution in [3.8, 4) is 0 Å². The summed E-state index contributed by atoms with van der Waals surface area (Å²) in [4.78, 5) is 34.8. The number of allylic oxidation sites excluding steroid dienone is 12. The summed E-state index contributed by atoms with van der Waals surface area (Å²) < 4.78 is 32.7. The maximum atomic E-state index is 12.6. The van der Waals surface area contributed by atoms with Crippen LogP contribution < -0.4 is 0 Å². The molecule has 0 rings (SSSR count). The van der Waals surface area contributed by atoms with Crippen LogP contribution >= 0.6 is 7.82 Å². The number of phosphoric ester groups is 1. The van der Waals surface area contributed by atoms with E-state index >= 15 is 0 Å². The van der Waals surface area contributed by atoms with E-state index in [4.69, 9.17) is 18.5 Å². The van der Waals surface area contributed by atoms with Gasteiger partial charge in [0.2, 0.25) is 0 Å². The van der Waals surface area contributed by atoms with Crippen LogP contribution in [-0.4, -0.2) is 42.8 Å². The molecule has 2 atom stereocenters. The third kappa shape index (κ3) is 42.9. The van der Waals surface area contributed by atoms with E-state index in [0.717, 1.165) is 96.3 Å². The third-order valence-electron chi connectivity index (χ3n) is 9.25. The molecule has 0 heterocycles. The number of phosphoric acid groups is 1. The van der Waals surface area contributed by atoms with Crippen LogP contribution in [0.15, 0.2) is 72.9 Å². The lowest BCUT2D eigenvalue weighted by atomic mass is 10.1. The van der Waals surface area contributed by atoms with Crippen LogP contribution in [0.5, 0.6) is 0 Å². The summed E-state index contributed by atoms with van der Waals surface area (Å²) >= 11 is 0. The Hall–Kier alpha value is -2.51. The van der Waals surface area contributed by atoms with E-state index < -0.39 is 26.5 Å². The molecule has 0 saturated carbocycles. The number of esters is 2. The van der Waals surface area contributed by atoms with E-state index in [1.165, 1.54) is 57.8 Å². The summed E-state index contributed by atoms with van der Waals surface area (Å²) in [5.41, 5.74) is 0. The van der Waals surface area contributed by atoms with Gasteiger partial charge in [-0.1, -0.05) is 164 Å². The first-order valence-electron chi connectivity index (χ1n) is 22.7. The lowest BCUT2D eigenvalue weighted by Crippen LogP contribution is -2.29. The number of rotatable bonds is 41. The standard InChI is InChI=1S/C48H83O8P/c1-4-7-9-11-13-15-17-19-21-23-24-25-26-27-29-31-33-35-37-39-41-43-48(50)56-46(45-55-57(51,52)54-6-3)44-53-47(49)42-40-38-36-34-32-30-28-22-20-18-16-14-12-10-8-5-2/h7,9,13,15-16,18-19,21-22,24-25,28,46H,4-6,8,10-12,14,17,20,23,26-27,29-45H2,1-3H3,(H,51,52)/b9-7-,15-13-,18-16-,21-19-,25-24-,28-22-. The van der Waals surface area contributed by atoms with Gasteiger partial charge in [-0.05, 0) is 90.4 Å². The Morgan fingerprint density at radius 3 is 1.35 bits per heavy atom. The Kier molecular flexibility index (Phi) is 41.2. The van der Waals surface area contributed by atoms with Crippen LogP contribution in [0.3, 0.4) is 0 Å². The van der Waals surface area contributed by atoms with E-state index in [0.29, 0.717) is 6.42 Å². The van der Waals surface area contributed by atoms with Crippen LogP contribution in [0, 0.1) is 0 Å². The minimum atomic E-state index is -4.29. The fourth-order valence-corrected chi connectivity index (χ4v) is 6.70. The molecule has 0 bridgehead atoms. The quantitative estimate of drug-likeness (QED) is 0.0281. The number of ether oxygens (including phenoxy) is 2. The SMILES string of the molecule is CC/C=C\C/C=C\C/C=C\C/C=C\CCCCCCCCCCC(=O)OC(COC(=O)CCCCCCC/C=C\C/C=C\CCCCCC)COP(=O)(O)OCC. The normalized spacial score (nSPS) is 14.0. The smallest absolute Gasteiger partial charge is 0.462 e. The molecule has 8 nitrogen and oxygen atoms in total. The van der Waals surface area contributed by atoms with E-state index in [2.05, 4.69) is 86.8 Å². The van der Waals surface area contributed by atoms with Gasteiger partial charge in [-0.25, -0.2) is 4.57 Å². The molecule has 0 amide bonds. The molecule has 9 heteroatoms. The Morgan fingerprint density at radius 2 is 0.895 bits per heavy atom. The minimum absolute atomic E-state index is 0.00709. The topological polar surface area (TPSA) is 108 Å². The number of hydrogen-bond acceptors (Lipinski definition) is 7. The van der Waals surface area contributed by atoms with Gasteiger partial charge in [0.15, 0.2) is 6.10 Å². The second-order valence-corrected chi connectivity index (χ2v) is 16.1. The highest BCUT2D eigenvalue weighted by molar-refractivity contribution is 7.47. The predicted octanol–water partition coefficient (Wildman–Crippen LogP) is 14.5. The predicted molar refractivity (Wildman–Crippen MR) is 239 cm³/mol. The molecular weight excluding hydrogens is 735 g/mol. The van der Waals surface area contributed by atoms with E-state index in [1.54, 1.807) is 6.92 Å². The Labute approximate surface area is 349 Å². The van der Waals surface area contributed by atoms with Gasteiger partial charge in [0.25, 0.3) is 0 Å². The van der Waals surface area contributed by atoms with Gasteiger partial charge >= 0.3 is 19.8 Å². The Balaban J connectivity index is 4.10. The molecule has 0 radical (unpaired) electrons. The molecule has 0 aromatic carbocycles. The van der Waals surface area contributed by atoms with Crippen molar-refractivity contribution < 1.29 is 37.6 Å². The van der Waals surface area contributed by atoms with Crippen molar-refractivity contribution >= 4 is 19.8 Å². The maximum Gasteiger partial charge on any atom is 0.472 e. The molecule has 0 aliphatic carbocycles. The molecular formula is C48H83O8P. The van der Waals surface area contributed by atoms with Crippen LogP contribution in [0.25, 0.3) is 0 Å². The van der Waals surface area contributed by atoms with Gasteiger partial charge in [0.1, 0.15) is 6.61 Å². The second-order valence-electron chi connectivity index (χ2n) is 14.7. The fourth-order valence-electron chi connectivity index (χ4n) is 5.94. The van der Waals surface area contributed by atoms with Crippen molar-refractivity contribution in [2.75, 3.05) is 19.8 Å². The third-order valence-corrected chi connectivity index (χ3v) is 10.3. The molecule has 0 aliphatic rings. The summed E-state index contributed by atoms with van der Waals surface area (Å²) in [6, 6.07) is 0. The zero-order valence-electron chi connectivity index (χ0n) is 36.5. The first-order valence-corrected chi connectivity index (χ1v) is 24.2. The van der Waals surface area contributed by atoms with Gasteiger partial charge in [0, 0.05) is 12.8 Å². The molecule has 0 spiro atoms. The monoisotopic (exact) mass is 819 g/mol. The molecule has 0 aromatic rings. The molecule has 328 valence electrons. The van der Waals surface area contributed by atoms with Crippen LogP contribution in [-0.2, 0) is 32.7 Å². The first-order chi connectivity index (χ1) is 27.8. The van der Waals surface area contributed by atoms with Gasteiger partial charge in [-0.3, -0.25) is 18.6 Å². The minimum Gasteiger partial charge on any atom is -0.462 e. The average molecular weight is 819 g/mol. The Bertz CT molecular complexity index is 1160. The summed E-state index contributed by atoms with van der Waals surface area (Å²) in [6.45, 7) is 5.32. The van der Waals surface area contributed by atoms with Crippen LogP contribution in [0.1, 0.15) is 194 Å². The van der Waals surface area contributed by atoms with Crippen molar-refractivity contribution in [1.29, 1.82) is 0 Å². The molecule has 0 saturated heterocycles. The van der Waals surface area contributed by atoms with Crippen LogP contribution in [0.4, 0.5) is 0 Å². The van der Waals surface area contributed by atoms with Crippen molar-refractivity contribution in [1.82, 2.24) is 0 Å². The van der Waals surface area contributed by atoms with Gasteiger partial charge in [-0.2, -0.15) is 0 Å². The summed E-state index contributed by atoms with van der Waals surface area (Å²) in [7, 11) is -4.29. The van der Waals surface area contributed by atoms with E-state index in [-0.39, 0.29) is 32.0 Å². The van der Waals surface area contributed by atoms with Crippen molar-refractivity contribution in [3.63, 3.8) is 0 Å². The molecule has 0 fully saturated rings. The maximum absolute atomic E-state index is 12.6. The lowest BCUT2D eigenvalue weighted by molar-refractivity contribution is -0.161. The van der Waals surface area contributed by atoms with E-state index in [1.807, 2.05) is 0 Å². The molecule has 0 aromatic heterocycles. The molecule has 0 aliphatic heterocycles. The highest BCUT2D eigenvalue weighted by atomic mass is 31.2. The number of unbranched alkanes of at least 4 members (excludes halogenated alkanes) is 17. The summed E-state index contributed by atoms with van der Waals surface area (Å²) in [6.07, 6.45) is 53.8. The highest BCUT2D eigenvalue weighted by Gasteiger charge is 2.25. The molecule has 57 heavy (non-hydrogen) atoms. The Morgan fingerprint density at radius 1 is 0.491 bits per heavy atom. The summed E-state index contributed by atoms with van der Waals surface area (Å²) in [5.74, 6) is -0.826. The second kappa shape index (κ2) is 43.1. The van der Waals surface area contributed by atoms with E-state index in [9.17, 15) is 19.0 Å². The number of hydrogen-bond donors (Lipinski definition) is 1. The van der Waals surface area contributed by atoms with Gasteiger partial charge in [-0.15, -0.1) is 0 Å². The summed E-state index contributed by atoms with van der Waals surface area (Å²) in [5, 5.41) is 0. The number of carbonyl (C=O) groups excluding carboxylic acids is 2. The molecule has 2 unspecified atom stereocenters. The van der Waals surface area contributed by atoms with Crippen molar-refractivity contribution in [2.24, 2.45) is 0 Å². The first kappa shape index (κ1) is 54.5. The fraction of sp³-hybridized carbons (Fsp3) is 0.708. The lowest BCUT2D eigenvalue weighted by Gasteiger charge is -2.19. The highest BCUT2D eigenvalue weighted by Crippen LogP contribution is 2.43. The zero-order chi connectivity index (χ0) is 41.8. The van der Waals surface area contributed by atoms with Gasteiger partial charge < -0.3 is 14.4 Å². The largest absolute Gasteiger partial charge is 0.472 e. The van der Waals surface area contributed by atoms with Crippen molar-refractivity contribution in [2.45, 2.75) is 200 Å². The van der Waals surface area contributed by atoms with Crippen molar-refractivity contribution in [3.05, 3.63) is 72.9 Å².